The Morgan fingerprint density at radius 1 is 1.12 bits per heavy atom. The predicted molar refractivity (Wildman–Crippen MR) is 136 cm³/mol. The number of aromatic nitrogens is 2. The molecule has 0 radical (unpaired) electrons. The Morgan fingerprint density at radius 2 is 1.94 bits per heavy atom. The molecular formula is C29H30N2S. The third-order valence-electron chi connectivity index (χ3n) is 8.08. The van der Waals surface area contributed by atoms with Crippen molar-refractivity contribution in [3.63, 3.8) is 0 Å². The first-order valence-corrected chi connectivity index (χ1v) is 12.8. The van der Waals surface area contributed by atoms with E-state index in [-0.39, 0.29) is 5.41 Å². The van der Waals surface area contributed by atoms with Crippen LogP contribution in [0, 0.1) is 11.3 Å². The van der Waals surface area contributed by atoms with Gasteiger partial charge < -0.3 is 4.57 Å². The van der Waals surface area contributed by atoms with Crippen LogP contribution in [0.2, 0.25) is 0 Å². The van der Waals surface area contributed by atoms with E-state index in [1.54, 1.807) is 11.1 Å². The van der Waals surface area contributed by atoms with Gasteiger partial charge in [0.1, 0.15) is 0 Å². The fraction of sp³-hybridized carbons (Fsp3) is 0.345. The summed E-state index contributed by atoms with van der Waals surface area (Å²) < 4.78 is 3.84. The summed E-state index contributed by atoms with van der Waals surface area (Å²) in [6.07, 6.45) is 9.57. The number of hydrogen-bond acceptors (Lipinski definition) is 2. The molecule has 1 fully saturated rings. The summed E-state index contributed by atoms with van der Waals surface area (Å²) in [7, 11) is 0. The van der Waals surface area contributed by atoms with E-state index in [9.17, 15) is 0 Å². The average molecular weight is 439 g/mol. The lowest BCUT2D eigenvalue weighted by atomic mass is 9.57. The molecule has 162 valence electrons. The van der Waals surface area contributed by atoms with Crippen LogP contribution < -0.4 is 0 Å². The highest BCUT2D eigenvalue weighted by Gasteiger charge is 2.46. The summed E-state index contributed by atoms with van der Waals surface area (Å²) in [6.45, 7) is 5.96. The molecule has 32 heavy (non-hydrogen) atoms. The van der Waals surface area contributed by atoms with Gasteiger partial charge in [0.05, 0.1) is 17.7 Å². The van der Waals surface area contributed by atoms with Gasteiger partial charge in [-0.25, -0.2) is 4.98 Å². The molecule has 0 spiro atoms. The summed E-state index contributed by atoms with van der Waals surface area (Å²) in [5, 5.41) is 3.91. The van der Waals surface area contributed by atoms with Crippen LogP contribution in [0.3, 0.4) is 0 Å². The second-order valence-electron chi connectivity index (χ2n) is 9.76. The zero-order valence-electron chi connectivity index (χ0n) is 18.9. The fourth-order valence-corrected chi connectivity index (χ4v) is 7.49. The van der Waals surface area contributed by atoms with Crippen molar-refractivity contribution in [3.05, 3.63) is 83.1 Å². The molecule has 2 aliphatic rings. The quantitative estimate of drug-likeness (QED) is 0.314. The summed E-state index contributed by atoms with van der Waals surface area (Å²) in [4.78, 5) is 4.86. The predicted octanol–water partition coefficient (Wildman–Crippen LogP) is 8.16. The maximum atomic E-state index is 4.86. The minimum absolute atomic E-state index is 0.184. The summed E-state index contributed by atoms with van der Waals surface area (Å²) in [5.41, 5.74) is 7.02. The molecule has 2 unspecified atom stereocenters. The Balaban J connectivity index is 1.42. The highest BCUT2D eigenvalue weighted by molar-refractivity contribution is 7.17. The van der Waals surface area contributed by atoms with Crippen LogP contribution in [0.1, 0.15) is 56.7 Å². The zero-order valence-corrected chi connectivity index (χ0v) is 19.7. The first-order chi connectivity index (χ1) is 15.7. The summed E-state index contributed by atoms with van der Waals surface area (Å²) >= 11 is 1.91. The highest BCUT2D eigenvalue weighted by Crippen LogP contribution is 2.56. The van der Waals surface area contributed by atoms with Gasteiger partial charge in [-0.2, -0.15) is 0 Å². The normalized spacial score (nSPS) is 23.4. The number of hydrogen-bond donors (Lipinski definition) is 0. The Kier molecular flexibility index (Phi) is 4.83. The maximum absolute atomic E-state index is 4.86. The van der Waals surface area contributed by atoms with Gasteiger partial charge in [0.25, 0.3) is 0 Å². The monoisotopic (exact) mass is 438 g/mol. The molecule has 4 aromatic rings. The lowest BCUT2D eigenvalue weighted by Crippen LogP contribution is -2.42. The van der Waals surface area contributed by atoms with Crippen LogP contribution in [0.25, 0.3) is 27.4 Å². The fourth-order valence-electron chi connectivity index (χ4n) is 6.47. The van der Waals surface area contributed by atoms with Crippen LogP contribution in [-0.4, -0.2) is 9.55 Å². The van der Waals surface area contributed by atoms with Crippen molar-refractivity contribution in [3.8, 4) is 11.3 Å². The standard InChI is InChI=1S/C29H30N2S/c1-3-22(24-17-32-27-15-8-7-13-23(24)27)25-14-9-12-21-16-26-28(20-10-5-4-6-11-20)30-19-31(26)18-29(21,25)2/h4-8,10-11,13,15-17,19,22,25H,3,9,12,14,18H2,1-2H3/t22?,25?,29-/m0/s1. The van der Waals surface area contributed by atoms with Crippen LogP contribution >= 0.6 is 11.3 Å². The SMILES string of the molecule is CCC(c1csc2ccccc12)C1CCCC2=Cc3c(-c4ccccc4)ncn3C[C@@]21C. The van der Waals surface area contributed by atoms with E-state index in [2.05, 4.69) is 90.8 Å². The number of imidazole rings is 1. The molecule has 3 heteroatoms. The van der Waals surface area contributed by atoms with Gasteiger partial charge in [-0.1, -0.05) is 68.0 Å². The van der Waals surface area contributed by atoms with Crippen molar-refractivity contribution in [1.82, 2.24) is 9.55 Å². The van der Waals surface area contributed by atoms with Crippen molar-refractivity contribution < 1.29 is 0 Å². The second-order valence-corrected chi connectivity index (χ2v) is 10.7. The van der Waals surface area contributed by atoms with E-state index < -0.39 is 0 Å². The molecule has 1 saturated carbocycles. The maximum Gasteiger partial charge on any atom is 0.0958 e. The van der Waals surface area contributed by atoms with Gasteiger partial charge in [-0.3, -0.25) is 0 Å². The van der Waals surface area contributed by atoms with Crippen LogP contribution in [0.15, 0.2) is 71.9 Å². The molecule has 1 aliphatic carbocycles. The topological polar surface area (TPSA) is 17.8 Å². The number of benzene rings is 2. The molecule has 2 nitrogen and oxygen atoms in total. The van der Waals surface area contributed by atoms with E-state index in [0.717, 1.165) is 12.2 Å². The molecule has 3 atom stereocenters. The molecule has 2 aromatic heterocycles. The second kappa shape index (κ2) is 7.74. The molecule has 3 heterocycles. The van der Waals surface area contributed by atoms with Crippen molar-refractivity contribution in [1.29, 1.82) is 0 Å². The minimum Gasteiger partial charge on any atom is -0.330 e. The van der Waals surface area contributed by atoms with Crippen molar-refractivity contribution >= 4 is 27.5 Å². The molecule has 0 saturated heterocycles. The lowest BCUT2D eigenvalue weighted by Gasteiger charge is -2.49. The third kappa shape index (κ3) is 3.02. The molecule has 6 rings (SSSR count). The Labute approximate surface area is 194 Å². The molecule has 2 aromatic carbocycles. The minimum atomic E-state index is 0.184. The van der Waals surface area contributed by atoms with Gasteiger partial charge in [-0.05, 0) is 66.0 Å². The van der Waals surface area contributed by atoms with E-state index >= 15 is 0 Å². The number of allylic oxidation sites excluding steroid dienone is 1. The van der Waals surface area contributed by atoms with Crippen molar-refractivity contribution in [2.75, 3.05) is 0 Å². The Bertz CT molecular complexity index is 1300. The van der Waals surface area contributed by atoms with Gasteiger partial charge >= 0.3 is 0 Å². The number of nitrogens with zero attached hydrogens (tertiary/aromatic N) is 2. The molecule has 0 amide bonds. The van der Waals surface area contributed by atoms with E-state index in [1.807, 2.05) is 11.3 Å². The van der Waals surface area contributed by atoms with Gasteiger partial charge in [-0.15, -0.1) is 11.3 Å². The van der Waals surface area contributed by atoms with Gasteiger partial charge in [0, 0.05) is 22.2 Å². The zero-order chi connectivity index (χ0) is 21.7. The van der Waals surface area contributed by atoms with Crippen LogP contribution in [0.5, 0.6) is 0 Å². The summed E-state index contributed by atoms with van der Waals surface area (Å²) in [5.74, 6) is 1.25. The molecule has 0 N–H and O–H groups in total. The van der Waals surface area contributed by atoms with Gasteiger partial charge in [0.15, 0.2) is 0 Å². The lowest BCUT2D eigenvalue weighted by molar-refractivity contribution is 0.123. The van der Waals surface area contributed by atoms with Crippen LogP contribution in [-0.2, 0) is 6.54 Å². The smallest absolute Gasteiger partial charge is 0.0958 e. The third-order valence-corrected chi connectivity index (χ3v) is 9.07. The van der Waals surface area contributed by atoms with Crippen LogP contribution in [0.4, 0.5) is 0 Å². The number of fused-ring (bicyclic) bond motifs is 3. The van der Waals surface area contributed by atoms with Crippen molar-refractivity contribution in [2.24, 2.45) is 11.3 Å². The molecule has 0 bridgehead atoms. The first-order valence-electron chi connectivity index (χ1n) is 12.0. The first kappa shape index (κ1) is 20.0. The average Bonchev–Trinajstić information content (AvgIpc) is 3.43. The molecular weight excluding hydrogens is 408 g/mol. The van der Waals surface area contributed by atoms with E-state index in [4.69, 9.17) is 4.98 Å². The Morgan fingerprint density at radius 3 is 2.78 bits per heavy atom. The molecule has 1 aliphatic heterocycles. The van der Waals surface area contributed by atoms with Gasteiger partial charge in [0.2, 0.25) is 0 Å². The number of thiophene rings is 1. The van der Waals surface area contributed by atoms with E-state index in [0.29, 0.717) is 11.8 Å². The van der Waals surface area contributed by atoms with E-state index in [1.165, 1.54) is 47.0 Å². The Hall–Kier alpha value is -2.65. The van der Waals surface area contributed by atoms with Crippen molar-refractivity contribution in [2.45, 2.75) is 52.0 Å². The number of rotatable bonds is 4. The highest BCUT2D eigenvalue weighted by atomic mass is 32.1. The largest absolute Gasteiger partial charge is 0.330 e. The summed E-state index contributed by atoms with van der Waals surface area (Å²) in [6, 6.07) is 19.6.